The van der Waals surface area contributed by atoms with E-state index >= 15 is 0 Å². The van der Waals surface area contributed by atoms with Gasteiger partial charge in [0.2, 0.25) is 0 Å². The van der Waals surface area contributed by atoms with Crippen LogP contribution in [0.3, 0.4) is 0 Å². The van der Waals surface area contributed by atoms with Gasteiger partial charge in [-0.15, -0.1) is 0 Å². The summed E-state index contributed by atoms with van der Waals surface area (Å²) in [4.78, 5) is 17.9. The minimum atomic E-state index is -0.259. The lowest BCUT2D eigenvalue weighted by Crippen LogP contribution is -2.48. The maximum absolute atomic E-state index is 13.4. The number of carbonyl (C=O) groups is 1. The molecule has 1 atom stereocenters. The second kappa shape index (κ2) is 9.90. The van der Waals surface area contributed by atoms with Gasteiger partial charge < -0.3 is 14.4 Å². The number of piperazine rings is 1. The zero-order valence-corrected chi connectivity index (χ0v) is 19.5. The maximum Gasteiger partial charge on any atom is 0.257 e. The molecule has 8 heteroatoms. The Labute approximate surface area is 194 Å². The molecule has 0 N–H and O–H groups in total. The zero-order chi connectivity index (χ0) is 22.7. The monoisotopic (exact) mass is 456 g/mol. The molecule has 7 nitrogen and oxygen atoms in total. The lowest BCUT2D eigenvalue weighted by molar-refractivity contribution is -0.134. The van der Waals surface area contributed by atoms with Gasteiger partial charge in [-0.3, -0.25) is 9.69 Å². The van der Waals surface area contributed by atoms with Gasteiger partial charge in [0.15, 0.2) is 0 Å². The highest BCUT2D eigenvalue weighted by atomic mass is 35.5. The summed E-state index contributed by atoms with van der Waals surface area (Å²) in [7, 11) is 5.34. The SMILES string of the molecule is COc1ccc(C2=NN(C(=O)CN3CCN(C)CC3)C(c3ccccc3Cl)C2)c(OC)c1. The van der Waals surface area contributed by atoms with E-state index in [-0.39, 0.29) is 11.9 Å². The third-order valence-corrected chi connectivity index (χ3v) is 6.45. The van der Waals surface area contributed by atoms with Crippen molar-refractivity contribution < 1.29 is 14.3 Å². The van der Waals surface area contributed by atoms with Crippen molar-refractivity contribution in [1.82, 2.24) is 14.8 Å². The summed E-state index contributed by atoms with van der Waals surface area (Å²) >= 11 is 6.53. The number of methoxy groups -OCH3 is 2. The molecule has 1 unspecified atom stereocenters. The number of ether oxygens (including phenoxy) is 2. The van der Waals surface area contributed by atoms with E-state index in [0.717, 1.165) is 43.0 Å². The largest absolute Gasteiger partial charge is 0.497 e. The van der Waals surface area contributed by atoms with Crippen molar-refractivity contribution in [3.05, 3.63) is 58.6 Å². The van der Waals surface area contributed by atoms with Crippen LogP contribution in [0.1, 0.15) is 23.6 Å². The van der Waals surface area contributed by atoms with Crippen molar-refractivity contribution in [2.75, 3.05) is 54.0 Å². The van der Waals surface area contributed by atoms with Gasteiger partial charge in [0.25, 0.3) is 5.91 Å². The first-order valence-electron chi connectivity index (χ1n) is 10.8. The van der Waals surface area contributed by atoms with E-state index in [0.29, 0.717) is 29.5 Å². The van der Waals surface area contributed by atoms with Crippen molar-refractivity contribution in [3.8, 4) is 11.5 Å². The number of hydrogen-bond donors (Lipinski definition) is 0. The first-order chi connectivity index (χ1) is 15.5. The van der Waals surface area contributed by atoms with E-state index < -0.39 is 0 Å². The molecule has 0 aliphatic carbocycles. The van der Waals surface area contributed by atoms with E-state index in [9.17, 15) is 4.79 Å². The van der Waals surface area contributed by atoms with Crippen LogP contribution in [0.15, 0.2) is 47.6 Å². The van der Waals surface area contributed by atoms with Crippen LogP contribution >= 0.6 is 11.6 Å². The molecule has 2 aromatic rings. The van der Waals surface area contributed by atoms with Crippen LogP contribution < -0.4 is 9.47 Å². The summed E-state index contributed by atoms with van der Waals surface area (Å²) in [6, 6.07) is 13.0. The molecule has 0 aromatic heterocycles. The standard InChI is InChI=1S/C24H29ClN4O3/c1-27-10-12-28(13-11-27)16-24(30)29-22(18-6-4-5-7-20(18)25)15-21(26-29)19-9-8-17(31-2)14-23(19)32-3/h4-9,14,22H,10-13,15-16H2,1-3H3. The minimum Gasteiger partial charge on any atom is -0.497 e. The van der Waals surface area contributed by atoms with Crippen molar-refractivity contribution in [1.29, 1.82) is 0 Å². The van der Waals surface area contributed by atoms with Crippen LogP contribution in [0.2, 0.25) is 5.02 Å². The molecule has 2 aliphatic rings. The molecule has 32 heavy (non-hydrogen) atoms. The van der Waals surface area contributed by atoms with Gasteiger partial charge in [-0.2, -0.15) is 5.10 Å². The van der Waals surface area contributed by atoms with Crippen molar-refractivity contribution in [3.63, 3.8) is 0 Å². The summed E-state index contributed by atoms with van der Waals surface area (Å²) in [5.74, 6) is 1.34. The first kappa shape index (κ1) is 22.6. The Balaban J connectivity index is 1.64. The van der Waals surface area contributed by atoms with Crippen molar-refractivity contribution in [2.45, 2.75) is 12.5 Å². The molecule has 0 radical (unpaired) electrons. The molecule has 1 amide bonds. The Morgan fingerprint density at radius 2 is 1.84 bits per heavy atom. The van der Waals surface area contributed by atoms with Crippen molar-refractivity contribution in [2.24, 2.45) is 5.10 Å². The zero-order valence-electron chi connectivity index (χ0n) is 18.8. The Hall–Kier alpha value is -2.61. The van der Waals surface area contributed by atoms with Gasteiger partial charge in [-0.25, -0.2) is 5.01 Å². The summed E-state index contributed by atoms with van der Waals surface area (Å²) in [6.45, 7) is 3.99. The van der Waals surface area contributed by atoms with Crippen LogP contribution in [-0.2, 0) is 4.79 Å². The second-order valence-corrected chi connectivity index (χ2v) is 8.58. The molecule has 0 saturated carbocycles. The van der Waals surface area contributed by atoms with E-state index in [4.69, 9.17) is 26.2 Å². The summed E-state index contributed by atoms with van der Waals surface area (Å²) in [6.07, 6.45) is 0.556. The number of hydrazone groups is 1. The molecular weight excluding hydrogens is 428 g/mol. The summed E-state index contributed by atoms with van der Waals surface area (Å²) in [5.41, 5.74) is 2.54. The van der Waals surface area contributed by atoms with Crippen LogP contribution in [0.5, 0.6) is 11.5 Å². The fourth-order valence-electron chi connectivity index (χ4n) is 4.20. The molecular formula is C24H29ClN4O3. The number of likely N-dealkylation sites (N-methyl/N-ethyl adjacent to an activating group) is 1. The molecule has 2 aliphatic heterocycles. The molecule has 2 heterocycles. The van der Waals surface area contributed by atoms with E-state index in [1.165, 1.54) is 0 Å². The number of rotatable bonds is 6. The summed E-state index contributed by atoms with van der Waals surface area (Å²) in [5, 5.41) is 7.03. The van der Waals surface area contributed by atoms with E-state index in [1.807, 2.05) is 42.5 Å². The van der Waals surface area contributed by atoms with E-state index in [1.54, 1.807) is 19.2 Å². The molecule has 1 fully saturated rings. The van der Waals surface area contributed by atoms with Gasteiger partial charge in [0, 0.05) is 49.3 Å². The minimum absolute atomic E-state index is 0.0260. The number of amides is 1. The normalized spacial score (nSPS) is 19.7. The number of benzene rings is 2. The average molecular weight is 457 g/mol. The molecule has 0 bridgehead atoms. The third kappa shape index (κ3) is 4.75. The fraction of sp³-hybridized carbons (Fsp3) is 0.417. The Morgan fingerprint density at radius 1 is 1.09 bits per heavy atom. The smallest absolute Gasteiger partial charge is 0.257 e. The predicted octanol–water partition coefficient (Wildman–Crippen LogP) is 3.28. The highest BCUT2D eigenvalue weighted by Gasteiger charge is 2.35. The summed E-state index contributed by atoms with van der Waals surface area (Å²) < 4.78 is 10.9. The molecule has 0 spiro atoms. The van der Waals surface area contributed by atoms with Crippen LogP contribution in [-0.4, -0.2) is 80.4 Å². The highest BCUT2D eigenvalue weighted by molar-refractivity contribution is 6.31. The molecule has 1 saturated heterocycles. The highest BCUT2D eigenvalue weighted by Crippen LogP contribution is 2.38. The third-order valence-electron chi connectivity index (χ3n) is 6.10. The van der Waals surface area contributed by atoms with E-state index in [2.05, 4.69) is 16.8 Å². The number of nitrogens with zero attached hydrogens (tertiary/aromatic N) is 4. The Kier molecular flexibility index (Phi) is 6.98. The Morgan fingerprint density at radius 3 is 2.53 bits per heavy atom. The van der Waals surface area contributed by atoms with Gasteiger partial charge in [-0.1, -0.05) is 29.8 Å². The second-order valence-electron chi connectivity index (χ2n) is 8.17. The van der Waals surface area contributed by atoms with Crippen LogP contribution in [0, 0.1) is 0 Å². The average Bonchev–Trinajstić information content (AvgIpc) is 3.25. The number of halogens is 1. The van der Waals surface area contributed by atoms with Gasteiger partial charge in [0.05, 0.1) is 32.5 Å². The Bertz CT molecular complexity index is 1000. The topological polar surface area (TPSA) is 57.6 Å². The van der Waals surface area contributed by atoms with Crippen LogP contribution in [0.4, 0.5) is 0 Å². The molecule has 4 rings (SSSR count). The predicted molar refractivity (Wildman–Crippen MR) is 126 cm³/mol. The van der Waals surface area contributed by atoms with Gasteiger partial charge in [0.1, 0.15) is 11.5 Å². The lowest BCUT2D eigenvalue weighted by atomic mass is 9.97. The fourth-order valence-corrected chi connectivity index (χ4v) is 4.46. The number of hydrogen-bond acceptors (Lipinski definition) is 6. The maximum atomic E-state index is 13.4. The van der Waals surface area contributed by atoms with Gasteiger partial charge >= 0.3 is 0 Å². The molecule has 170 valence electrons. The van der Waals surface area contributed by atoms with Crippen LogP contribution in [0.25, 0.3) is 0 Å². The molecule has 2 aromatic carbocycles. The van der Waals surface area contributed by atoms with Crippen molar-refractivity contribution >= 4 is 23.2 Å². The number of carbonyl (C=O) groups excluding carboxylic acids is 1. The van der Waals surface area contributed by atoms with Gasteiger partial charge in [-0.05, 0) is 30.8 Å². The first-order valence-corrected chi connectivity index (χ1v) is 11.1. The quantitative estimate of drug-likeness (QED) is 0.667. The lowest BCUT2D eigenvalue weighted by Gasteiger charge is -2.33.